The van der Waals surface area contributed by atoms with Gasteiger partial charge in [-0.25, -0.2) is 4.39 Å². The highest BCUT2D eigenvalue weighted by Crippen LogP contribution is 2.10. The topological polar surface area (TPSA) is 9.23 Å². The first kappa shape index (κ1) is 7.79. The SMILES string of the molecule is [CH]=CCOc1ccc(F)cc1. The van der Waals surface area contributed by atoms with Crippen molar-refractivity contribution in [2.24, 2.45) is 0 Å². The molecule has 57 valence electrons. The molecule has 0 fully saturated rings. The van der Waals surface area contributed by atoms with Crippen LogP contribution in [0.25, 0.3) is 0 Å². The van der Waals surface area contributed by atoms with Gasteiger partial charge in [-0.05, 0) is 30.3 Å². The van der Waals surface area contributed by atoms with E-state index in [2.05, 4.69) is 0 Å². The molecule has 1 nitrogen and oxygen atoms in total. The Morgan fingerprint density at radius 2 is 2.00 bits per heavy atom. The second kappa shape index (κ2) is 3.76. The molecule has 0 aromatic heterocycles. The fraction of sp³-hybridized carbons (Fsp3) is 0.111. The molecule has 0 aliphatic carbocycles. The Morgan fingerprint density at radius 1 is 1.36 bits per heavy atom. The van der Waals surface area contributed by atoms with E-state index in [1.54, 1.807) is 12.1 Å². The number of ether oxygens (including phenoxy) is 1. The van der Waals surface area contributed by atoms with Gasteiger partial charge in [0.2, 0.25) is 0 Å². The van der Waals surface area contributed by atoms with Crippen molar-refractivity contribution in [3.63, 3.8) is 0 Å². The lowest BCUT2D eigenvalue weighted by Crippen LogP contribution is -1.91. The van der Waals surface area contributed by atoms with Gasteiger partial charge < -0.3 is 4.74 Å². The molecule has 0 amide bonds. The second-order valence-corrected chi connectivity index (χ2v) is 2.00. The van der Waals surface area contributed by atoms with Gasteiger partial charge in [-0.15, -0.1) is 0 Å². The van der Waals surface area contributed by atoms with Crippen LogP contribution in [-0.2, 0) is 0 Å². The second-order valence-electron chi connectivity index (χ2n) is 2.00. The maximum Gasteiger partial charge on any atom is 0.123 e. The minimum atomic E-state index is -0.269. The molecule has 1 aromatic rings. The quantitative estimate of drug-likeness (QED) is 0.643. The van der Waals surface area contributed by atoms with E-state index >= 15 is 0 Å². The molecule has 2 heteroatoms. The van der Waals surface area contributed by atoms with Crippen molar-refractivity contribution in [2.75, 3.05) is 6.61 Å². The van der Waals surface area contributed by atoms with Crippen molar-refractivity contribution < 1.29 is 9.13 Å². The third kappa shape index (κ3) is 2.42. The van der Waals surface area contributed by atoms with Gasteiger partial charge in [0, 0.05) is 0 Å². The van der Waals surface area contributed by atoms with Gasteiger partial charge in [0.05, 0.1) is 0 Å². The smallest absolute Gasteiger partial charge is 0.123 e. The lowest BCUT2D eigenvalue weighted by atomic mass is 10.3. The van der Waals surface area contributed by atoms with Crippen LogP contribution in [0.2, 0.25) is 0 Å². The van der Waals surface area contributed by atoms with E-state index in [0.29, 0.717) is 12.4 Å². The van der Waals surface area contributed by atoms with Crippen LogP contribution in [0.3, 0.4) is 0 Å². The first-order chi connectivity index (χ1) is 5.33. The number of hydrogen-bond acceptors (Lipinski definition) is 1. The summed E-state index contributed by atoms with van der Waals surface area (Å²) >= 11 is 0. The van der Waals surface area contributed by atoms with Gasteiger partial charge in [-0.2, -0.15) is 0 Å². The molecule has 1 rings (SSSR count). The largest absolute Gasteiger partial charge is 0.490 e. The van der Waals surface area contributed by atoms with E-state index in [4.69, 9.17) is 11.3 Å². The minimum absolute atomic E-state index is 0.269. The third-order valence-electron chi connectivity index (χ3n) is 1.16. The van der Waals surface area contributed by atoms with E-state index in [0.717, 1.165) is 0 Å². The van der Waals surface area contributed by atoms with Gasteiger partial charge in [-0.1, -0.05) is 6.58 Å². The highest BCUT2D eigenvalue weighted by Gasteiger charge is 1.91. The zero-order chi connectivity index (χ0) is 8.10. The number of rotatable bonds is 3. The molecule has 0 bridgehead atoms. The third-order valence-corrected chi connectivity index (χ3v) is 1.16. The molecule has 0 aliphatic rings. The minimum Gasteiger partial charge on any atom is -0.490 e. The fourth-order valence-corrected chi connectivity index (χ4v) is 0.675. The summed E-state index contributed by atoms with van der Waals surface area (Å²) in [4.78, 5) is 0. The van der Waals surface area contributed by atoms with Gasteiger partial charge in [0.15, 0.2) is 0 Å². The average molecular weight is 151 g/mol. The lowest BCUT2D eigenvalue weighted by molar-refractivity contribution is 0.362. The molecule has 1 aromatic carbocycles. The van der Waals surface area contributed by atoms with Crippen molar-refractivity contribution in [1.29, 1.82) is 0 Å². The average Bonchev–Trinajstić information content (AvgIpc) is 2.04. The van der Waals surface area contributed by atoms with E-state index in [-0.39, 0.29) is 5.82 Å². The van der Waals surface area contributed by atoms with Crippen LogP contribution in [-0.4, -0.2) is 6.61 Å². The predicted molar refractivity (Wildman–Crippen MR) is 40.8 cm³/mol. The normalized spacial score (nSPS) is 9.18. The number of benzene rings is 1. The number of halogens is 1. The van der Waals surface area contributed by atoms with Gasteiger partial charge >= 0.3 is 0 Å². The van der Waals surface area contributed by atoms with Gasteiger partial charge in [0.1, 0.15) is 18.2 Å². The van der Waals surface area contributed by atoms with E-state index < -0.39 is 0 Å². The van der Waals surface area contributed by atoms with Crippen molar-refractivity contribution >= 4 is 0 Å². The summed E-state index contributed by atoms with van der Waals surface area (Å²) in [6.45, 7) is 5.42. The Hall–Kier alpha value is -1.31. The lowest BCUT2D eigenvalue weighted by Gasteiger charge is -2.00. The molecule has 0 N–H and O–H groups in total. The van der Waals surface area contributed by atoms with Crippen LogP contribution < -0.4 is 4.74 Å². The molecule has 11 heavy (non-hydrogen) atoms. The number of hydrogen-bond donors (Lipinski definition) is 0. The summed E-state index contributed by atoms with van der Waals surface area (Å²) in [5.74, 6) is 0.349. The molecule has 0 unspecified atom stereocenters. The van der Waals surface area contributed by atoms with Crippen LogP contribution in [0.5, 0.6) is 5.75 Å². The molecule has 0 saturated heterocycles. The Bertz CT molecular complexity index is 228. The van der Waals surface area contributed by atoms with E-state index in [9.17, 15) is 4.39 Å². The van der Waals surface area contributed by atoms with Crippen LogP contribution in [0.15, 0.2) is 30.3 Å². The van der Waals surface area contributed by atoms with E-state index in [1.165, 1.54) is 18.2 Å². The summed E-state index contributed by atoms with van der Waals surface area (Å²) in [5, 5.41) is 0. The highest BCUT2D eigenvalue weighted by molar-refractivity contribution is 5.22. The molecule has 0 saturated carbocycles. The zero-order valence-corrected chi connectivity index (χ0v) is 5.96. The Balaban J connectivity index is 2.58. The van der Waals surface area contributed by atoms with Crippen LogP contribution in [0.1, 0.15) is 0 Å². The molecule has 0 aliphatic heterocycles. The molecular formula is C9H8FO. The monoisotopic (exact) mass is 151 g/mol. The maximum absolute atomic E-state index is 12.3. The van der Waals surface area contributed by atoms with Crippen LogP contribution in [0.4, 0.5) is 4.39 Å². The molecule has 1 radical (unpaired) electrons. The van der Waals surface area contributed by atoms with Gasteiger partial charge in [0.25, 0.3) is 0 Å². The Kier molecular flexibility index (Phi) is 2.66. The summed E-state index contributed by atoms with van der Waals surface area (Å²) in [6, 6.07) is 5.79. The predicted octanol–water partition coefficient (Wildman–Crippen LogP) is 2.19. The van der Waals surface area contributed by atoms with E-state index in [1.807, 2.05) is 0 Å². The Labute approximate surface area is 65.1 Å². The Morgan fingerprint density at radius 3 is 2.55 bits per heavy atom. The maximum atomic E-state index is 12.3. The summed E-state index contributed by atoms with van der Waals surface area (Å²) in [7, 11) is 0. The molecule has 0 atom stereocenters. The fourth-order valence-electron chi connectivity index (χ4n) is 0.675. The first-order valence-electron chi connectivity index (χ1n) is 3.24. The molecule has 0 heterocycles. The summed E-state index contributed by atoms with van der Waals surface area (Å²) in [6.07, 6.45) is 1.39. The van der Waals surface area contributed by atoms with Crippen molar-refractivity contribution in [3.05, 3.63) is 42.7 Å². The highest BCUT2D eigenvalue weighted by atomic mass is 19.1. The van der Waals surface area contributed by atoms with Crippen LogP contribution >= 0.6 is 0 Å². The molecule has 0 spiro atoms. The summed E-state index contributed by atoms with van der Waals surface area (Å²) < 4.78 is 17.4. The van der Waals surface area contributed by atoms with Crippen LogP contribution in [0, 0.1) is 12.4 Å². The van der Waals surface area contributed by atoms with Crippen molar-refractivity contribution in [2.45, 2.75) is 0 Å². The molecular weight excluding hydrogens is 143 g/mol. The zero-order valence-electron chi connectivity index (χ0n) is 5.96. The van der Waals surface area contributed by atoms with Crippen molar-refractivity contribution in [3.8, 4) is 5.75 Å². The van der Waals surface area contributed by atoms with Crippen molar-refractivity contribution in [1.82, 2.24) is 0 Å². The van der Waals surface area contributed by atoms with Gasteiger partial charge in [-0.3, -0.25) is 0 Å². The summed E-state index contributed by atoms with van der Waals surface area (Å²) in [5.41, 5.74) is 0. The standard InChI is InChI=1S/C9H8FO/c1-2-7-11-9-5-3-8(10)4-6-9/h1-6H,7H2. The first-order valence-corrected chi connectivity index (χ1v) is 3.24.